The quantitative estimate of drug-likeness (QED) is 0.632. The lowest BCUT2D eigenvalue weighted by atomic mass is 10.0. The van der Waals surface area contributed by atoms with Gasteiger partial charge in [-0.15, -0.1) is 0 Å². The molecule has 8 nitrogen and oxygen atoms in total. The molecule has 30 heavy (non-hydrogen) atoms. The van der Waals surface area contributed by atoms with Gasteiger partial charge in [0.2, 0.25) is 0 Å². The van der Waals surface area contributed by atoms with E-state index in [2.05, 4.69) is 20.8 Å². The minimum Gasteiger partial charge on any atom is -0.491 e. The molecule has 3 heterocycles. The van der Waals surface area contributed by atoms with Gasteiger partial charge in [-0.1, -0.05) is 11.6 Å². The first-order chi connectivity index (χ1) is 14.5. The lowest BCUT2D eigenvalue weighted by Gasteiger charge is -2.24. The number of nitrogens with one attached hydrogen (secondary N) is 2. The van der Waals surface area contributed by atoms with Gasteiger partial charge in [0.05, 0.1) is 11.3 Å². The average Bonchev–Trinajstić information content (AvgIpc) is 3.32. The normalized spacial score (nSPS) is 16.4. The van der Waals surface area contributed by atoms with Crippen LogP contribution in [0, 0.1) is 20.8 Å². The summed E-state index contributed by atoms with van der Waals surface area (Å²) in [7, 11) is 0. The van der Waals surface area contributed by atoms with Crippen molar-refractivity contribution < 1.29 is 18.5 Å². The fourth-order valence-electron chi connectivity index (χ4n) is 3.77. The van der Waals surface area contributed by atoms with E-state index >= 15 is 0 Å². The molecule has 1 unspecified atom stereocenters. The van der Waals surface area contributed by atoms with Crippen LogP contribution in [0.3, 0.4) is 0 Å². The number of hydrogen-bond acceptors (Lipinski definition) is 7. The van der Waals surface area contributed by atoms with E-state index in [-0.39, 0.29) is 11.6 Å². The Morgan fingerprint density at radius 3 is 2.80 bits per heavy atom. The number of aryl methyl sites for hydroxylation is 3. The monoisotopic (exact) mass is 410 g/mol. The van der Waals surface area contributed by atoms with E-state index in [0.717, 1.165) is 35.5 Å². The Hall–Kier alpha value is -3.13. The maximum absolute atomic E-state index is 12.5. The second-order valence-electron chi connectivity index (χ2n) is 7.58. The van der Waals surface area contributed by atoms with Gasteiger partial charge in [0.1, 0.15) is 23.9 Å². The van der Waals surface area contributed by atoms with E-state index in [1.807, 2.05) is 32.0 Å². The van der Waals surface area contributed by atoms with Crippen molar-refractivity contribution in [1.82, 2.24) is 15.5 Å². The number of hydrogen-bond donors (Lipinski definition) is 2. The minimum atomic E-state index is -0.328. The van der Waals surface area contributed by atoms with Gasteiger partial charge in [-0.25, -0.2) is 4.98 Å². The lowest BCUT2D eigenvalue weighted by Crippen LogP contribution is -2.38. The Balaban J connectivity index is 1.61. The average molecular weight is 410 g/mol. The van der Waals surface area contributed by atoms with Crippen LogP contribution in [-0.4, -0.2) is 35.2 Å². The molecule has 0 bridgehead atoms. The molecule has 1 aliphatic rings. The van der Waals surface area contributed by atoms with E-state index in [0.29, 0.717) is 29.9 Å². The number of carbonyl (C=O) groups is 1. The SMILES string of the molecule is Cc1noc(C)c1-c1cc(NC(=O)c2ncoc2C)ccc1OCC1CCCCN1. The molecule has 158 valence electrons. The predicted octanol–water partition coefficient (Wildman–Crippen LogP) is 4.03. The summed E-state index contributed by atoms with van der Waals surface area (Å²) in [5.41, 5.74) is 3.36. The molecule has 1 aromatic carbocycles. The third-order valence-electron chi connectivity index (χ3n) is 5.35. The fourth-order valence-corrected chi connectivity index (χ4v) is 3.77. The number of ether oxygens (including phenoxy) is 1. The second-order valence-corrected chi connectivity index (χ2v) is 7.58. The molecule has 1 aliphatic heterocycles. The molecule has 1 atom stereocenters. The van der Waals surface area contributed by atoms with E-state index in [9.17, 15) is 4.79 Å². The largest absolute Gasteiger partial charge is 0.491 e. The first kappa shape index (κ1) is 20.2. The zero-order valence-corrected chi connectivity index (χ0v) is 17.4. The number of rotatable bonds is 6. The number of nitrogens with zero attached hydrogens (tertiary/aromatic N) is 2. The van der Waals surface area contributed by atoms with Crippen LogP contribution >= 0.6 is 0 Å². The summed E-state index contributed by atoms with van der Waals surface area (Å²) >= 11 is 0. The number of benzene rings is 1. The molecule has 8 heteroatoms. The highest BCUT2D eigenvalue weighted by Crippen LogP contribution is 2.37. The summed E-state index contributed by atoms with van der Waals surface area (Å²) in [6.07, 6.45) is 4.78. The molecular weight excluding hydrogens is 384 g/mol. The number of carbonyl (C=O) groups excluding carboxylic acids is 1. The highest BCUT2D eigenvalue weighted by atomic mass is 16.5. The van der Waals surface area contributed by atoms with Gasteiger partial charge < -0.3 is 24.3 Å². The van der Waals surface area contributed by atoms with Crippen LogP contribution in [0.15, 0.2) is 33.5 Å². The van der Waals surface area contributed by atoms with Crippen LogP contribution < -0.4 is 15.4 Å². The van der Waals surface area contributed by atoms with Crippen LogP contribution in [-0.2, 0) is 0 Å². The van der Waals surface area contributed by atoms with Crippen LogP contribution in [0.25, 0.3) is 11.1 Å². The van der Waals surface area contributed by atoms with Gasteiger partial charge in [-0.2, -0.15) is 0 Å². The molecule has 1 fully saturated rings. The summed E-state index contributed by atoms with van der Waals surface area (Å²) in [5.74, 6) is 1.57. The predicted molar refractivity (Wildman–Crippen MR) is 112 cm³/mol. The van der Waals surface area contributed by atoms with Crippen molar-refractivity contribution >= 4 is 11.6 Å². The van der Waals surface area contributed by atoms with Crippen molar-refractivity contribution in [1.29, 1.82) is 0 Å². The summed E-state index contributed by atoms with van der Waals surface area (Å²) in [6.45, 7) is 7.07. The summed E-state index contributed by atoms with van der Waals surface area (Å²) in [6, 6.07) is 5.91. The summed E-state index contributed by atoms with van der Waals surface area (Å²) in [5, 5.41) is 10.4. The molecular formula is C22H26N4O4. The minimum absolute atomic E-state index is 0.262. The van der Waals surface area contributed by atoms with Gasteiger partial charge in [-0.3, -0.25) is 4.79 Å². The molecule has 0 radical (unpaired) electrons. The molecule has 1 amide bonds. The fraction of sp³-hybridized carbons (Fsp3) is 0.409. The molecule has 2 N–H and O–H groups in total. The van der Waals surface area contributed by atoms with Crippen molar-refractivity contribution in [2.24, 2.45) is 0 Å². The Morgan fingerprint density at radius 2 is 2.13 bits per heavy atom. The number of aromatic nitrogens is 2. The van der Waals surface area contributed by atoms with Gasteiger partial charge in [0.15, 0.2) is 12.1 Å². The number of piperidine rings is 1. The first-order valence-electron chi connectivity index (χ1n) is 10.2. The highest BCUT2D eigenvalue weighted by Gasteiger charge is 2.20. The first-order valence-corrected chi connectivity index (χ1v) is 10.2. The maximum atomic E-state index is 12.5. The van der Waals surface area contributed by atoms with E-state index < -0.39 is 0 Å². The van der Waals surface area contributed by atoms with Crippen molar-refractivity contribution in [2.75, 3.05) is 18.5 Å². The molecule has 0 aliphatic carbocycles. The smallest absolute Gasteiger partial charge is 0.277 e. The number of anilines is 1. The second kappa shape index (κ2) is 8.71. The Labute approximate surface area is 175 Å². The van der Waals surface area contributed by atoms with Gasteiger partial charge in [0, 0.05) is 17.3 Å². The zero-order chi connectivity index (χ0) is 21.1. The van der Waals surface area contributed by atoms with Crippen molar-refractivity contribution in [2.45, 2.75) is 46.1 Å². The third kappa shape index (κ3) is 4.23. The van der Waals surface area contributed by atoms with E-state index in [1.54, 1.807) is 6.92 Å². The van der Waals surface area contributed by atoms with E-state index in [4.69, 9.17) is 13.7 Å². The standard InChI is InChI=1S/C22H26N4O4/c1-13-20(14(2)30-26-13)18-10-16(25-22(27)21-15(3)29-12-24-21)7-8-19(18)28-11-17-6-4-5-9-23-17/h7-8,10,12,17,23H,4-6,9,11H2,1-3H3,(H,25,27). The Morgan fingerprint density at radius 1 is 1.27 bits per heavy atom. The maximum Gasteiger partial charge on any atom is 0.277 e. The van der Waals surface area contributed by atoms with Crippen molar-refractivity contribution in [3.05, 3.63) is 47.5 Å². The molecule has 3 aromatic rings. The summed E-state index contributed by atoms with van der Waals surface area (Å²) < 4.78 is 16.7. The van der Waals surface area contributed by atoms with Crippen LogP contribution in [0.2, 0.25) is 0 Å². The van der Waals surface area contributed by atoms with Crippen LogP contribution in [0.1, 0.15) is 47.0 Å². The summed E-state index contributed by atoms with van der Waals surface area (Å²) in [4.78, 5) is 16.5. The topological polar surface area (TPSA) is 102 Å². The lowest BCUT2D eigenvalue weighted by molar-refractivity contribution is 0.102. The zero-order valence-electron chi connectivity index (χ0n) is 17.4. The Kier molecular flexibility index (Phi) is 5.85. The Bertz CT molecular complexity index is 1010. The van der Waals surface area contributed by atoms with Crippen LogP contribution in [0.5, 0.6) is 5.75 Å². The van der Waals surface area contributed by atoms with Gasteiger partial charge in [-0.05, 0) is 58.4 Å². The van der Waals surface area contributed by atoms with Crippen LogP contribution in [0.4, 0.5) is 5.69 Å². The molecule has 0 spiro atoms. The molecule has 4 rings (SSSR count). The van der Waals surface area contributed by atoms with Gasteiger partial charge >= 0.3 is 0 Å². The van der Waals surface area contributed by atoms with Crippen molar-refractivity contribution in [3.8, 4) is 16.9 Å². The molecule has 1 saturated heterocycles. The number of oxazole rings is 1. The van der Waals surface area contributed by atoms with Crippen molar-refractivity contribution in [3.63, 3.8) is 0 Å². The molecule has 0 saturated carbocycles. The third-order valence-corrected chi connectivity index (χ3v) is 5.35. The number of amides is 1. The van der Waals surface area contributed by atoms with Gasteiger partial charge in [0.25, 0.3) is 5.91 Å². The van der Waals surface area contributed by atoms with E-state index in [1.165, 1.54) is 19.2 Å². The highest BCUT2D eigenvalue weighted by molar-refractivity contribution is 6.03. The molecule has 2 aromatic heterocycles.